The zero-order valence-corrected chi connectivity index (χ0v) is 12.9. The highest BCUT2D eigenvalue weighted by atomic mass is 16.5. The molecule has 0 aliphatic heterocycles. The van der Waals surface area contributed by atoms with E-state index >= 15 is 0 Å². The lowest BCUT2D eigenvalue weighted by atomic mass is 9.77. The second kappa shape index (κ2) is 7.65. The molecule has 1 unspecified atom stereocenters. The Labute approximate surface area is 122 Å². The summed E-state index contributed by atoms with van der Waals surface area (Å²) < 4.78 is 11.2. The SMILES string of the molecule is CCNC(CC1CC(OCC)C1)c1ccccc1OC. The number of benzene rings is 1. The van der Waals surface area contributed by atoms with Crippen molar-refractivity contribution in [2.24, 2.45) is 5.92 Å². The van der Waals surface area contributed by atoms with Gasteiger partial charge in [0.15, 0.2) is 0 Å². The second-order valence-corrected chi connectivity index (χ2v) is 5.50. The number of rotatable bonds is 8. The summed E-state index contributed by atoms with van der Waals surface area (Å²) in [5.41, 5.74) is 1.27. The smallest absolute Gasteiger partial charge is 0.123 e. The van der Waals surface area contributed by atoms with Crippen LogP contribution in [0.4, 0.5) is 0 Å². The maximum absolute atomic E-state index is 5.66. The molecule has 3 heteroatoms. The zero-order valence-electron chi connectivity index (χ0n) is 12.9. The Morgan fingerprint density at radius 2 is 2.00 bits per heavy atom. The highest BCUT2D eigenvalue weighted by Crippen LogP contribution is 2.38. The fourth-order valence-corrected chi connectivity index (χ4v) is 3.09. The summed E-state index contributed by atoms with van der Waals surface area (Å²) in [6.07, 6.45) is 4.05. The van der Waals surface area contributed by atoms with Crippen molar-refractivity contribution in [1.82, 2.24) is 5.32 Å². The van der Waals surface area contributed by atoms with Crippen molar-refractivity contribution < 1.29 is 9.47 Å². The molecule has 1 N–H and O–H groups in total. The number of hydrogen-bond acceptors (Lipinski definition) is 3. The molecular weight excluding hydrogens is 250 g/mol. The van der Waals surface area contributed by atoms with E-state index in [1.54, 1.807) is 7.11 Å². The third kappa shape index (κ3) is 3.74. The molecule has 1 saturated carbocycles. The van der Waals surface area contributed by atoms with Crippen LogP contribution in [0.1, 0.15) is 44.7 Å². The maximum atomic E-state index is 5.66. The highest BCUT2D eigenvalue weighted by Gasteiger charge is 2.32. The topological polar surface area (TPSA) is 30.5 Å². The first kappa shape index (κ1) is 15.3. The van der Waals surface area contributed by atoms with Crippen LogP contribution in [0.15, 0.2) is 24.3 Å². The van der Waals surface area contributed by atoms with Crippen LogP contribution in [-0.4, -0.2) is 26.4 Å². The average Bonchev–Trinajstić information content (AvgIpc) is 2.44. The standard InChI is InChI=1S/C17H27NO2/c1-4-18-16(12-13-10-14(11-13)20-5-2)15-8-6-7-9-17(15)19-3/h6-9,13-14,16,18H,4-5,10-12H2,1-3H3. The molecule has 1 aromatic carbocycles. The molecule has 0 spiro atoms. The van der Waals surface area contributed by atoms with Crippen LogP contribution in [-0.2, 0) is 4.74 Å². The minimum absolute atomic E-state index is 0.378. The first-order chi connectivity index (χ1) is 9.78. The second-order valence-electron chi connectivity index (χ2n) is 5.50. The summed E-state index contributed by atoms with van der Waals surface area (Å²) in [5.74, 6) is 1.75. The van der Waals surface area contributed by atoms with E-state index in [0.717, 1.165) is 31.2 Å². The fourth-order valence-electron chi connectivity index (χ4n) is 3.09. The van der Waals surface area contributed by atoms with Crippen LogP contribution in [0.3, 0.4) is 0 Å². The Hall–Kier alpha value is -1.06. The van der Waals surface area contributed by atoms with Gasteiger partial charge in [0, 0.05) is 18.2 Å². The molecule has 0 radical (unpaired) electrons. The van der Waals surface area contributed by atoms with E-state index < -0.39 is 0 Å². The van der Waals surface area contributed by atoms with Gasteiger partial charge in [-0.2, -0.15) is 0 Å². The van der Waals surface area contributed by atoms with Gasteiger partial charge in [0.05, 0.1) is 13.2 Å². The molecule has 2 rings (SSSR count). The molecule has 1 fully saturated rings. The minimum Gasteiger partial charge on any atom is -0.496 e. The predicted molar refractivity (Wildman–Crippen MR) is 82.2 cm³/mol. The van der Waals surface area contributed by atoms with Gasteiger partial charge in [-0.25, -0.2) is 0 Å². The summed E-state index contributed by atoms with van der Waals surface area (Å²) in [6.45, 7) is 6.04. The first-order valence-electron chi connectivity index (χ1n) is 7.76. The summed E-state index contributed by atoms with van der Waals surface area (Å²) in [7, 11) is 1.75. The van der Waals surface area contributed by atoms with Crippen LogP contribution >= 0.6 is 0 Å². The summed E-state index contributed by atoms with van der Waals surface area (Å²) in [5, 5.41) is 3.60. The van der Waals surface area contributed by atoms with E-state index in [2.05, 4.69) is 31.3 Å². The highest BCUT2D eigenvalue weighted by molar-refractivity contribution is 5.36. The molecule has 1 aromatic rings. The molecule has 20 heavy (non-hydrogen) atoms. The summed E-state index contributed by atoms with van der Waals surface area (Å²) in [6, 6.07) is 8.71. The van der Waals surface area contributed by atoms with Crippen molar-refractivity contribution in [3.05, 3.63) is 29.8 Å². The molecule has 0 bridgehead atoms. The number of nitrogens with one attached hydrogen (secondary N) is 1. The van der Waals surface area contributed by atoms with Crippen molar-refractivity contribution in [3.63, 3.8) is 0 Å². The maximum Gasteiger partial charge on any atom is 0.123 e. The van der Waals surface area contributed by atoms with E-state index in [-0.39, 0.29) is 0 Å². The van der Waals surface area contributed by atoms with Gasteiger partial charge in [-0.05, 0) is 44.7 Å². The van der Waals surface area contributed by atoms with E-state index in [0.29, 0.717) is 12.1 Å². The van der Waals surface area contributed by atoms with Gasteiger partial charge >= 0.3 is 0 Å². The number of para-hydroxylation sites is 1. The van der Waals surface area contributed by atoms with Crippen LogP contribution < -0.4 is 10.1 Å². The Bertz CT molecular complexity index is 402. The summed E-state index contributed by atoms with van der Waals surface area (Å²) in [4.78, 5) is 0. The molecular formula is C17H27NO2. The molecule has 0 amide bonds. The van der Waals surface area contributed by atoms with Gasteiger partial charge in [0.25, 0.3) is 0 Å². The van der Waals surface area contributed by atoms with Crippen molar-refractivity contribution in [2.45, 2.75) is 45.3 Å². The lowest BCUT2D eigenvalue weighted by Gasteiger charge is -2.37. The van der Waals surface area contributed by atoms with Gasteiger partial charge in [0.2, 0.25) is 0 Å². The molecule has 1 aliphatic rings. The van der Waals surface area contributed by atoms with Crippen LogP contribution in [0.2, 0.25) is 0 Å². The normalized spacial score (nSPS) is 23.1. The predicted octanol–water partition coefficient (Wildman–Crippen LogP) is 3.55. The van der Waals surface area contributed by atoms with E-state index in [1.165, 1.54) is 18.4 Å². The van der Waals surface area contributed by atoms with Gasteiger partial charge in [-0.1, -0.05) is 25.1 Å². The number of hydrogen-bond donors (Lipinski definition) is 1. The molecule has 1 aliphatic carbocycles. The van der Waals surface area contributed by atoms with Crippen LogP contribution in [0.5, 0.6) is 5.75 Å². The van der Waals surface area contributed by atoms with E-state index in [1.807, 2.05) is 12.1 Å². The third-order valence-electron chi connectivity index (χ3n) is 4.13. The number of ether oxygens (including phenoxy) is 2. The van der Waals surface area contributed by atoms with Crippen molar-refractivity contribution >= 4 is 0 Å². The van der Waals surface area contributed by atoms with Crippen molar-refractivity contribution in [1.29, 1.82) is 0 Å². The molecule has 1 atom stereocenters. The monoisotopic (exact) mass is 277 g/mol. The molecule has 0 heterocycles. The quantitative estimate of drug-likeness (QED) is 0.788. The lowest BCUT2D eigenvalue weighted by Crippen LogP contribution is -2.34. The first-order valence-corrected chi connectivity index (χ1v) is 7.76. The van der Waals surface area contributed by atoms with E-state index in [4.69, 9.17) is 9.47 Å². The Morgan fingerprint density at radius 3 is 2.65 bits per heavy atom. The van der Waals surface area contributed by atoms with E-state index in [9.17, 15) is 0 Å². The molecule has 112 valence electrons. The van der Waals surface area contributed by atoms with Crippen molar-refractivity contribution in [3.8, 4) is 5.75 Å². The molecule has 0 saturated heterocycles. The van der Waals surface area contributed by atoms with Gasteiger partial charge < -0.3 is 14.8 Å². The van der Waals surface area contributed by atoms with Gasteiger partial charge in [-0.15, -0.1) is 0 Å². The molecule has 0 aromatic heterocycles. The fraction of sp³-hybridized carbons (Fsp3) is 0.647. The molecule has 3 nitrogen and oxygen atoms in total. The average molecular weight is 277 g/mol. The minimum atomic E-state index is 0.378. The Morgan fingerprint density at radius 1 is 1.25 bits per heavy atom. The lowest BCUT2D eigenvalue weighted by molar-refractivity contribution is -0.0291. The van der Waals surface area contributed by atoms with Crippen LogP contribution in [0.25, 0.3) is 0 Å². The number of methoxy groups -OCH3 is 1. The van der Waals surface area contributed by atoms with Gasteiger partial charge in [-0.3, -0.25) is 0 Å². The van der Waals surface area contributed by atoms with Gasteiger partial charge in [0.1, 0.15) is 5.75 Å². The largest absolute Gasteiger partial charge is 0.496 e. The van der Waals surface area contributed by atoms with Crippen LogP contribution in [0, 0.1) is 5.92 Å². The zero-order chi connectivity index (χ0) is 14.4. The Balaban J connectivity index is 1.97. The third-order valence-corrected chi connectivity index (χ3v) is 4.13. The summed E-state index contributed by atoms with van der Waals surface area (Å²) >= 11 is 0. The van der Waals surface area contributed by atoms with Crippen molar-refractivity contribution in [2.75, 3.05) is 20.3 Å². The Kier molecular flexibility index (Phi) is 5.86.